The van der Waals surface area contributed by atoms with Crippen molar-refractivity contribution in [2.24, 2.45) is 0 Å². The monoisotopic (exact) mass is 495 g/mol. The van der Waals surface area contributed by atoms with Crippen molar-refractivity contribution in [1.82, 2.24) is 0 Å². The number of phenolic OH excluding ortho intramolecular Hbond substituents is 1. The van der Waals surface area contributed by atoms with Crippen molar-refractivity contribution in [3.05, 3.63) is 80.2 Å². The Hall–Kier alpha value is -2.08. The lowest BCUT2D eigenvalue weighted by Gasteiger charge is -2.16. The molecule has 3 aromatic carbocycles. The summed E-state index contributed by atoms with van der Waals surface area (Å²) in [6.45, 7) is 3.24. The molecule has 0 saturated heterocycles. The van der Waals surface area contributed by atoms with Gasteiger partial charge in [-0.05, 0) is 61.0 Å². The number of phenols is 1. The number of aromatic hydroxyl groups is 1. The van der Waals surface area contributed by atoms with Crippen molar-refractivity contribution in [2.75, 3.05) is 11.9 Å². The normalized spacial score (nSPS) is 10.6. The van der Waals surface area contributed by atoms with Gasteiger partial charge in [0.15, 0.2) is 11.5 Å². The molecule has 0 unspecified atom stereocenters. The minimum Gasteiger partial charge on any atom is -0.508 e. The standard InChI is InChI=1S/C22H20BrCl2NO3/c1-2-28-21-10-14(12-26-15-6-8-16(27)9-7-15)18(23)11-22(21)29-13-17-19(24)4-3-5-20(17)25/h3-11,26-27H,2,12-13H2,1H3. The second-order valence-corrected chi connectivity index (χ2v) is 7.88. The Bertz CT molecular complexity index is 960. The van der Waals surface area contributed by atoms with E-state index in [0.29, 0.717) is 34.7 Å². The minimum absolute atomic E-state index is 0.232. The third-order valence-electron chi connectivity index (χ3n) is 4.20. The Morgan fingerprint density at radius 2 is 1.62 bits per heavy atom. The predicted molar refractivity (Wildman–Crippen MR) is 122 cm³/mol. The van der Waals surface area contributed by atoms with Crippen LogP contribution in [0.15, 0.2) is 59.1 Å². The Morgan fingerprint density at radius 1 is 0.966 bits per heavy atom. The highest BCUT2D eigenvalue weighted by atomic mass is 79.9. The summed E-state index contributed by atoms with van der Waals surface area (Å²) in [4.78, 5) is 0. The number of anilines is 1. The van der Waals surface area contributed by atoms with E-state index in [4.69, 9.17) is 32.7 Å². The molecule has 0 spiro atoms. The van der Waals surface area contributed by atoms with Gasteiger partial charge in [0.05, 0.1) is 6.61 Å². The molecule has 0 radical (unpaired) electrons. The summed E-state index contributed by atoms with van der Waals surface area (Å²) < 4.78 is 12.6. The van der Waals surface area contributed by atoms with Gasteiger partial charge in [-0.1, -0.05) is 45.2 Å². The van der Waals surface area contributed by atoms with Gasteiger partial charge >= 0.3 is 0 Å². The molecule has 3 rings (SSSR count). The first-order valence-corrected chi connectivity index (χ1v) is 10.6. The molecule has 2 N–H and O–H groups in total. The number of hydrogen-bond acceptors (Lipinski definition) is 4. The van der Waals surface area contributed by atoms with E-state index in [1.165, 1.54) is 0 Å². The van der Waals surface area contributed by atoms with E-state index in [-0.39, 0.29) is 12.4 Å². The Labute approximate surface area is 188 Å². The van der Waals surface area contributed by atoms with Crippen molar-refractivity contribution < 1.29 is 14.6 Å². The third-order valence-corrected chi connectivity index (χ3v) is 5.64. The van der Waals surface area contributed by atoms with E-state index in [1.807, 2.05) is 31.2 Å². The fourth-order valence-corrected chi connectivity index (χ4v) is 3.66. The topological polar surface area (TPSA) is 50.7 Å². The molecule has 7 heteroatoms. The van der Waals surface area contributed by atoms with E-state index in [0.717, 1.165) is 21.3 Å². The summed E-state index contributed by atoms with van der Waals surface area (Å²) in [7, 11) is 0. The zero-order chi connectivity index (χ0) is 20.8. The molecular weight excluding hydrogens is 477 g/mol. The lowest BCUT2D eigenvalue weighted by molar-refractivity contribution is 0.269. The first-order chi connectivity index (χ1) is 14.0. The third kappa shape index (κ3) is 5.72. The van der Waals surface area contributed by atoms with Gasteiger partial charge in [0.25, 0.3) is 0 Å². The van der Waals surface area contributed by atoms with Crippen LogP contribution in [0.4, 0.5) is 5.69 Å². The number of hydrogen-bond donors (Lipinski definition) is 2. The molecule has 0 bridgehead atoms. The van der Waals surface area contributed by atoms with Gasteiger partial charge in [-0.3, -0.25) is 0 Å². The molecule has 4 nitrogen and oxygen atoms in total. The van der Waals surface area contributed by atoms with Crippen molar-refractivity contribution in [3.8, 4) is 17.2 Å². The second kappa shape index (κ2) is 10.1. The van der Waals surface area contributed by atoms with Crippen molar-refractivity contribution in [2.45, 2.75) is 20.1 Å². The van der Waals surface area contributed by atoms with Crippen molar-refractivity contribution in [3.63, 3.8) is 0 Å². The van der Waals surface area contributed by atoms with Crippen LogP contribution >= 0.6 is 39.1 Å². The van der Waals surface area contributed by atoms with E-state index in [9.17, 15) is 5.11 Å². The predicted octanol–water partition coefficient (Wildman–Crippen LogP) is 7.05. The van der Waals surface area contributed by atoms with Crippen LogP contribution in [0.25, 0.3) is 0 Å². The maximum absolute atomic E-state index is 9.40. The lowest BCUT2D eigenvalue weighted by atomic mass is 10.2. The number of nitrogens with one attached hydrogen (secondary N) is 1. The maximum Gasteiger partial charge on any atom is 0.162 e. The molecule has 3 aromatic rings. The van der Waals surface area contributed by atoms with Crippen LogP contribution in [-0.4, -0.2) is 11.7 Å². The Balaban J connectivity index is 1.77. The molecule has 152 valence electrons. The van der Waals surface area contributed by atoms with E-state index in [1.54, 1.807) is 30.3 Å². The highest BCUT2D eigenvalue weighted by Crippen LogP contribution is 2.36. The summed E-state index contributed by atoms with van der Waals surface area (Å²) in [6.07, 6.45) is 0. The van der Waals surface area contributed by atoms with E-state index in [2.05, 4.69) is 21.2 Å². The van der Waals surface area contributed by atoms with Crippen LogP contribution in [-0.2, 0) is 13.2 Å². The molecule has 29 heavy (non-hydrogen) atoms. The molecule has 0 aliphatic carbocycles. The average Bonchev–Trinajstić information content (AvgIpc) is 2.69. The van der Waals surface area contributed by atoms with Gasteiger partial charge in [-0.25, -0.2) is 0 Å². The smallest absolute Gasteiger partial charge is 0.162 e. The highest BCUT2D eigenvalue weighted by molar-refractivity contribution is 9.10. The van der Waals surface area contributed by atoms with Crippen LogP contribution in [0.1, 0.15) is 18.1 Å². The molecule has 0 aliphatic rings. The van der Waals surface area contributed by atoms with Gasteiger partial charge < -0.3 is 19.9 Å². The maximum atomic E-state index is 9.40. The number of rotatable bonds is 8. The lowest BCUT2D eigenvalue weighted by Crippen LogP contribution is -2.04. The largest absolute Gasteiger partial charge is 0.508 e. The zero-order valence-electron chi connectivity index (χ0n) is 15.7. The number of halogens is 3. The Morgan fingerprint density at radius 3 is 2.28 bits per heavy atom. The number of ether oxygens (including phenoxy) is 2. The van der Waals surface area contributed by atoms with Gasteiger partial charge in [0.1, 0.15) is 12.4 Å². The van der Waals surface area contributed by atoms with Gasteiger partial charge in [0.2, 0.25) is 0 Å². The van der Waals surface area contributed by atoms with Crippen molar-refractivity contribution >= 4 is 44.8 Å². The summed E-state index contributed by atoms with van der Waals surface area (Å²) >= 11 is 16.1. The summed E-state index contributed by atoms with van der Waals surface area (Å²) in [6, 6.07) is 16.1. The second-order valence-electron chi connectivity index (χ2n) is 6.21. The average molecular weight is 497 g/mol. The zero-order valence-corrected chi connectivity index (χ0v) is 18.8. The van der Waals surface area contributed by atoms with E-state index < -0.39 is 0 Å². The molecule has 0 saturated carbocycles. The fraction of sp³-hybridized carbons (Fsp3) is 0.182. The van der Waals surface area contributed by atoms with E-state index >= 15 is 0 Å². The Kier molecular flexibility index (Phi) is 7.53. The summed E-state index contributed by atoms with van der Waals surface area (Å²) in [5.74, 6) is 1.47. The van der Waals surface area contributed by atoms with Crippen LogP contribution in [0.3, 0.4) is 0 Å². The first kappa shape index (κ1) is 21.6. The van der Waals surface area contributed by atoms with Crippen molar-refractivity contribution in [1.29, 1.82) is 0 Å². The minimum atomic E-state index is 0.232. The molecule has 0 heterocycles. The van der Waals surface area contributed by atoms with Gasteiger partial charge in [-0.2, -0.15) is 0 Å². The SMILES string of the molecule is CCOc1cc(CNc2ccc(O)cc2)c(Br)cc1OCc1c(Cl)cccc1Cl. The summed E-state index contributed by atoms with van der Waals surface area (Å²) in [5, 5.41) is 13.8. The van der Waals surface area contributed by atoms with Gasteiger partial charge in [-0.15, -0.1) is 0 Å². The van der Waals surface area contributed by atoms with Crippen LogP contribution in [0.2, 0.25) is 10.0 Å². The fourth-order valence-electron chi connectivity index (χ4n) is 2.69. The first-order valence-electron chi connectivity index (χ1n) is 9.01. The van der Waals surface area contributed by atoms with Gasteiger partial charge in [0, 0.05) is 32.3 Å². The number of benzene rings is 3. The molecule has 0 aromatic heterocycles. The molecular formula is C22H20BrCl2NO3. The molecule has 0 atom stereocenters. The highest BCUT2D eigenvalue weighted by Gasteiger charge is 2.13. The molecule has 0 fully saturated rings. The quantitative estimate of drug-likeness (QED) is 0.328. The van der Waals surface area contributed by atoms with Crippen LogP contribution < -0.4 is 14.8 Å². The molecule has 0 aliphatic heterocycles. The van der Waals surface area contributed by atoms with Crippen LogP contribution in [0.5, 0.6) is 17.2 Å². The summed E-state index contributed by atoms with van der Waals surface area (Å²) in [5.41, 5.74) is 2.64. The molecule has 0 amide bonds. The van der Waals surface area contributed by atoms with Crippen LogP contribution in [0, 0.1) is 0 Å².